The summed E-state index contributed by atoms with van der Waals surface area (Å²) < 4.78 is 0. The number of hydrogen-bond acceptors (Lipinski definition) is 2. The first-order chi connectivity index (χ1) is 11.5. The Balaban J connectivity index is 1.53. The van der Waals surface area contributed by atoms with Crippen LogP contribution in [0.3, 0.4) is 0 Å². The Hall–Kier alpha value is -1.55. The van der Waals surface area contributed by atoms with Crippen LogP contribution in [0.15, 0.2) is 18.2 Å². The van der Waals surface area contributed by atoms with E-state index < -0.39 is 0 Å². The zero-order chi connectivity index (χ0) is 17.1. The van der Waals surface area contributed by atoms with Crippen molar-refractivity contribution >= 4 is 23.4 Å². The van der Waals surface area contributed by atoms with Gasteiger partial charge in [-0.25, -0.2) is 0 Å². The van der Waals surface area contributed by atoms with Crippen molar-refractivity contribution in [1.82, 2.24) is 9.80 Å². The van der Waals surface area contributed by atoms with Crippen molar-refractivity contribution in [2.45, 2.75) is 51.5 Å². The summed E-state index contributed by atoms with van der Waals surface area (Å²) in [7, 11) is 0. The lowest BCUT2D eigenvalue weighted by Crippen LogP contribution is -2.50. The molecule has 0 unspecified atom stereocenters. The van der Waals surface area contributed by atoms with Gasteiger partial charge in [-0.05, 0) is 49.8 Å². The number of piperidine rings is 2. The maximum Gasteiger partial charge on any atom is 0.226 e. The molecular formula is C19H25ClN2O2. The Bertz CT molecular complexity index is 624. The van der Waals surface area contributed by atoms with Gasteiger partial charge in [0.05, 0.1) is 6.42 Å². The molecule has 0 aromatic heterocycles. The van der Waals surface area contributed by atoms with E-state index >= 15 is 0 Å². The van der Waals surface area contributed by atoms with Gasteiger partial charge >= 0.3 is 0 Å². The van der Waals surface area contributed by atoms with Crippen LogP contribution in [0.2, 0.25) is 5.02 Å². The summed E-state index contributed by atoms with van der Waals surface area (Å²) in [5.41, 5.74) is 1.99. The second-order valence-corrected chi connectivity index (χ2v) is 7.32. The van der Waals surface area contributed by atoms with Crippen molar-refractivity contribution in [2.24, 2.45) is 0 Å². The average Bonchev–Trinajstić information content (AvgIpc) is 2.59. The first kappa shape index (κ1) is 17.3. The van der Waals surface area contributed by atoms with Gasteiger partial charge in [-0.1, -0.05) is 23.7 Å². The van der Waals surface area contributed by atoms with E-state index in [1.54, 1.807) is 0 Å². The van der Waals surface area contributed by atoms with Crippen LogP contribution in [-0.2, 0) is 16.0 Å². The van der Waals surface area contributed by atoms with E-state index in [1.807, 2.05) is 34.9 Å². The predicted octanol–water partition coefficient (Wildman–Crippen LogP) is 3.19. The third-order valence-electron chi connectivity index (χ3n) is 5.21. The van der Waals surface area contributed by atoms with Crippen LogP contribution >= 0.6 is 11.6 Å². The lowest BCUT2D eigenvalue weighted by Gasteiger charge is -2.40. The molecule has 0 bridgehead atoms. The summed E-state index contributed by atoms with van der Waals surface area (Å²) in [6, 6.07) is 6.13. The van der Waals surface area contributed by atoms with Gasteiger partial charge in [0, 0.05) is 37.1 Å². The number of amides is 2. The van der Waals surface area contributed by atoms with Crippen molar-refractivity contribution in [3.05, 3.63) is 34.3 Å². The third kappa shape index (κ3) is 3.92. The predicted molar refractivity (Wildman–Crippen MR) is 95.1 cm³/mol. The van der Waals surface area contributed by atoms with Crippen LogP contribution in [0.5, 0.6) is 0 Å². The Morgan fingerprint density at radius 1 is 1.21 bits per heavy atom. The van der Waals surface area contributed by atoms with E-state index in [-0.39, 0.29) is 5.91 Å². The van der Waals surface area contributed by atoms with Gasteiger partial charge in [0.15, 0.2) is 0 Å². The number of benzene rings is 1. The Morgan fingerprint density at radius 2 is 1.96 bits per heavy atom. The van der Waals surface area contributed by atoms with Crippen LogP contribution in [0.1, 0.15) is 43.2 Å². The minimum Gasteiger partial charge on any atom is -0.342 e. The molecule has 0 spiro atoms. The van der Waals surface area contributed by atoms with Gasteiger partial charge in [-0.2, -0.15) is 0 Å². The highest BCUT2D eigenvalue weighted by Gasteiger charge is 2.30. The molecule has 1 aromatic rings. The number of halogens is 1. The fourth-order valence-corrected chi connectivity index (χ4v) is 3.88. The summed E-state index contributed by atoms with van der Waals surface area (Å²) in [4.78, 5) is 28.5. The van der Waals surface area contributed by atoms with Crippen LogP contribution in [0.25, 0.3) is 0 Å². The number of likely N-dealkylation sites (tertiary alicyclic amines) is 2. The maximum absolute atomic E-state index is 12.5. The van der Waals surface area contributed by atoms with Crippen LogP contribution < -0.4 is 0 Å². The molecule has 1 aromatic carbocycles. The third-order valence-corrected chi connectivity index (χ3v) is 5.62. The van der Waals surface area contributed by atoms with E-state index in [4.69, 9.17) is 11.6 Å². The molecule has 5 heteroatoms. The van der Waals surface area contributed by atoms with E-state index in [1.165, 1.54) is 0 Å². The molecule has 24 heavy (non-hydrogen) atoms. The molecule has 2 amide bonds. The normalized spacial score (nSPS) is 19.7. The minimum absolute atomic E-state index is 0.151. The molecule has 4 nitrogen and oxygen atoms in total. The topological polar surface area (TPSA) is 40.6 Å². The van der Waals surface area contributed by atoms with Crippen molar-refractivity contribution in [3.8, 4) is 0 Å². The molecule has 2 aliphatic heterocycles. The quantitative estimate of drug-likeness (QED) is 0.841. The van der Waals surface area contributed by atoms with Gasteiger partial charge in [-0.3, -0.25) is 9.59 Å². The molecule has 2 heterocycles. The molecule has 2 saturated heterocycles. The summed E-state index contributed by atoms with van der Waals surface area (Å²) in [5.74, 6) is 0.443. The summed E-state index contributed by atoms with van der Waals surface area (Å²) in [6.07, 6.45) is 5.00. The average molecular weight is 349 g/mol. The fraction of sp³-hybridized carbons (Fsp3) is 0.579. The number of hydrogen-bond donors (Lipinski definition) is 0. The number of nitrogens with zero attached hydrogens (tertiary/aromatic N) is 2. The number of aryl methyl sites for hydroxylation is 1. The van der Waals surface area contributed by atoms with E-state index in [0.717, 1.165) is 56.4 Å². The molecule has 0 saturated carbocycles. The molecule has 130 valence electrons. The lowest BCUT2D eigenvalue weighted by atomic mass is 9.99. The highest BCUT2D eigenvalue weighted by molar-refractivity contribution is 6.31. The van der Waals surface area contributed by atoms with Crippen molar-refractivity contribution in [2.75, 3.05) is 19.6 Å². The van der Waals surface area contributed by atoms with Crippen LogP contribution in [0.4, 0.5) is 0 Å². The largest absolute Gasteiger partial charge is 0.342 e. The van der Waals surface area contributed by atoms with Gasteiger partial charge in [0.25, 0.3) is 0 Å². The maximum atomic E-state index is 12.5. The smallest absolute Gasteiger partial charge is 0.226 e. The lowest BCUT2D eigenvalue weighted by molar-refractivity contribution is -0.138. The van der Waals surface area contributed by atoms with Gasteiger partial charge in [0.1, 0.15) is 0 Å². The van der Waals surface area contributed by atoms with Crippen molar-refractivity contribution in [1.29, 1.82) is 0 Å². The standard InChI is InChI=1S/C19H25ClN2O2/c1-14-5-6-15(12-17(14)20)13-19(24)21-10-7-16(8-11-21)22-9-3-2-4-18(22)23/h5-6,12,16H,2-4,7-11,13H2,1H3. The monoisotopic (exact) mass is 348 g/mol. The van der Waals surface area contributed by atoms with Crippen molar-refractivity contribution < 1.29 is 9.59 Å². The van der Waals surface area contributed by atoms with Gasteiger partial charge in [0.2, 0.25) is 11.8 Å². The second kappa shape index (κ2) is 7.56. The number of carbonyl (C=O) groups excluding carboxylic acids is 2. The number of carbonyl (C=O) groups is 2. The first-order valence-electron chi connectivity index (χ1n) is 8.87. The van der Waals surface area contributed by atoms with E-state index in [0.29, 0.717) is 29.8 Å². The summed E-state index contributed by atoms with van der Waals surface area (Å²) in [6.45, 7) is 4.33. The molecule has 3 rings (SSSR count). The van der Waals surface area contributed by atoms with E-state index in [9.17, 15) is 9.59 Å². The SMILES string of the molecule is Cc1ccc(CC(=O)N2CCC(N3CCCCC3=O)CC2)cc1Cl. The Morgan fingerprint density at radius 3 is 2.62 bits per heavy atom. The van der Waals surface area contributed by atoms with Crippen LogP contribution in [-0.4, -0.2) is 47.3 Å². The highest BCUT2D eigenvalue weighted by Crippen LogP contribution is 2.23. The molecule has 2 aliphatic rings. The molecule has 0 N–H and O–H groups in total. The van der Waals surface area contributed by atoms with E-state index in [2.05, 4.69) is 0 Å². The zero-order valence-electron chi connectivity index (χ0n) is 14.3. The first-order valence-corrected chi connectivity index (χ1v) is 9.24. The second-order valence-electron chi connectivity index (χ2n) is 6.92. The molecule has 2 fully saturated rings. The van der Waals surface area contributed by atoms with Gasteiger partial charge < -0.3 is 9.80 Å². The highest BCUT2D eigenvalue weighted by atomic mass is 35.5. The van der Waals surface area contributed by atoms with Crippen molar-refractivity contribution in [3.63, 3.8) is 0 Å². The zero-order valence-corrected chi connectivity index (χ0v) is 15.0. The Kier molecular flexibility index (Phi) is 5.44. The molecule has 0 radical (unpaired) electrons. The molecule has 0 atom stereocenters. The molecule has 0 aliphatic carbocycles. The molecular weight excluding hydrogens is 324 g/mol. The fourth-order valence-electron chi connectivity index (χ4n) is 3.67. The summed E-state index contributed by atoms with van der Waals surface area (Å²) in [5, 5.41) is 0.711. The van der Waals surface area contributed by atoms with Crippen LogP contribution in [0, 0.1) is 6.92 Å². The number of rotatable bonds is 3. The summed E-state index contributed by atoms with van der Waals surface area (Å²) >= 11 is 6.14. The minimum atomic E-state index is 0.151. The Labute approximate surface area is 148 Å². The van der Waals surface area contributed by atoms with Gasteiger partial charge in [-0.15, -0.1) is 0 Å².